The molecule has 0 atom stereocenters. The Bertz CT molecular complexity index is 3630. The summed E-state index contributed by atoms with van der Waals surface area (Å²) >= 11 is 0. The minimum Gasteiger partial charge on any atom is -0.453 e. The largest absolute Gasteiger partial charge is 0.453 e. The molecule has 1 aromatic heterocycles. The van der Waals surface area contributed by atoms with Crippen molar-refractivity contribution in [3.8, 4) is 55.6 Å². The first-order valence-corrected chi connectivity index (χ1v) is 21.9. The van der Waals surface area contributed by atoms with E-state index in [-0.39, 0.29) is 0 Å². The van der Waals surface area contributed by atoms with Crippen molar-refractivity contribution in [1.82, 2.24) is 0 Å². The minimum absolute atomic E-state index is 0.842. The van der Waals surface area contributed by atoms with Gasteiger partial charge < -0.3 is 9.32 Å². The Balaban J connectivity index is 1.02. The summed E-state index contributed by atoms with van der Waals surface area (Å²) in [5.41, 5.74) is 16.5. The Morgan fingerprint density at radius 3 is 1.41 bits per heavy atom. The lowest BCUT2D eigenvalue weighted by Gasteiger charge is -2.26. The van der Waals surface area contributed by atoms with E-state index in [0.29, 0.717) is 0 Å². The van der Waals surface area contributed by atoms with Gasteiger partial charge in [-0.1, -0.05) is 200 Å². The molecule has 0 radical (unpaired) electrons. The molecule has 300 valence electrons. The summed E-state index contributed by atoms with van der Waals surface area (Å²) in [6.45, 7) is 0. The maximum Gasteiger partial charge on any atom is 0.160 e. The molecule has 0 spiro atoms. The van der Waals surface area contributed by atoms with Gasteiger partial charge in [0.1, 0.15) is 5.58 Å². The first-order valence-electron chi connectivity index (χ1n) is 21.9. The molecule has 11 aromatic carbocycles. The Morgan fingerprint density at radius 2 is 0.734 bits per heavy atom. The zero-order valence-electron chi connectivity index (χ0n) is 35.0. The van der Waals surface area contributed by atoms with Gasteiger partial charge in [0, 0.05) is 27.5 Å². The van der Waals surface area contributed by atoms with Crippen LogP contribution in [0.25, 0.3) is 99.1 Å². The maximum atomic E-state index is 7.22. The summed E-state index contributed by atoms with van der Waals surface area (Å²) in [5.74, 6) is 0. The van der Waals surface area contributed by atoms with Crippen molar-refractivity contribution < 1.29 is 4.42 Å². The van der Waals surface area contributed by atoms with E-state index in [9.17, 15) is 0 Å². The number of hydrogen-bond donors (Lipinski definition) is 0. The van der Waals surface area contributed by atoms with Gasteiger partial charge >= 0.3 is 0 Å². The fourth-order valence-corrected chi connectivity index (χ4v) is 9.39. The molecule has 12 aromatic rings. The quantitative estimate of drug-likeness (QED) is 0.152. The van der Waals surface area contributed by atoms with E-state index in [1.165, 1.54) is 55.3 Å². The fourth-order valence-electron chi connectivity index (χ4n) is 9.39. The Hall–Kier alpha value is -8.46. The molecule has 0 amide bonds. The van der Waals surface area contributed by atoms with Crippen molar-refractivity contribution in [3.05, 3.63) is 249 Å². The number of furan rings is 1. The van der Waals surface area contributed by atoms with E-state index < -0.39 is 0 Å². The molecular formula is C62H41NO. The molecule has 2 nitrogen and oxygen atoms in total. The van der Waals surface area contributed by atoms with Crippen LogP contribution >= 0.6 is 0 Å². The zero-order chi connectivity index (χ0) is 42.4. The van der Waals surface area contributed by atoms with Gasteiger partial charge in [0.15, 0.2) is 5.58 Å². The summed E-state index contributed by atoms with van der Waals surface area (Å²) in [5, 5.41) is 6.91. The maximum absolute atomic E-state index is 7.22. The van der Waals surface area contributed by atoms with E-state index >= 15 is 0 Å². The third kappa shape index (κ3) is 6.70. The average molecular weight is 816 g/mol. The van der Waals surface area contributed by atoms with Crippen LogP contribution in [0.15, 0.2) is 253 Å². The smallest absolute Gasteiger partial charge is 0.160 e. The van der Waals surface area contributed by atoms with Crippen LogP contribution in [0.3, 0.4) is 0 Å². The number of hydrogen-bond acceptors (Lipinski definition) is 2. The summed E-state index contributed by atoms with van der Waals surface area (Å²) in [7, 11) is 0. The molecule has 1 heterocycles. The van der Waals surface area contributed by atoms with Crippen molar-refractivity contribution in [2.75, 3.05) is 4.90 Å². The standard InChI is InChI=1S/C62H41NO/c1-3-12-42(13-4-1)45-28-33-54(34-29-45)63(55-35-30-47(31-36-55)53-27-24-44-16-7-8-18-50(44)41-53)59-39-38-56(60-58-37-32-48-17-9-10-21-57(48)61(58)64-62(59)60)49-25-22-46(23-26-49)52-20-11-19-51(40-52)43-14-5-2-6-15-43/h1-41H. The van der Waals surface area contributed by atoms with Gasteiger partial charge in [-0.2, -0.15) is 0 Å². The van der Waals surface area contributed by atoms with Crippen LogP contribution in [0.5, 0.6) is 0 Å². The molecular weight excluding hydrogens is 775 g/mol. The average Bonchev–Trinajstić information content (AvgIpc) is 3.78. The second-order valence-electron chi connectivity index (χ2n) is 16.5. The normalized spacial score (nSPS) is 11.4. The van der Waals surface area contributed by atoms with Crippen molar-refractivity contribution in [1.29, 1.82) is 0 Å². The molecule has 0 fully saturated rings. The van der Waals surface area contributed by atoms with E-state index in [2.05, 4.69) is 254 Å². The van der Waals surface area contributed by atoms with Crippen LogP contribution < -0.4 is 4.90 Å². The number of anilines is 3. The first kappa shape index (κ1) is 37.3. The van der Waals surface area contributed by atoms with E-state index in [0.717, 1.165) is 60.9 Å². The number of nitrogens with zero attached hydrogens (tertiary/aromatic N) is 1. The number of benzene rings is 11. The third-order valence-electron chi connectivity index (χ3n) is 12.7. The molecule has 0 saturated heterocycles. The molecule has 64 heavy (non-hydrogen) atoms. The topological polar surface area (TPSA) is 16.4 Å². The van der Waals surface area contributed by atoms with E-state index in [4.69, 9.17) is 4.42 Å². The van der Waals surface area contributed by atoms with Crippen LogP contribution in [-0.2, 0) is 0 Å². The van der Waals surface area contributed by atoms with Crippen molar-refractivity contribution in [3.63, 3.8) is 0 Å². The lowest BCUT2D eigenvalue weighted by atomic mass is 9.94. The van der Waals surface area contributed by atoms with Crippen LogP contribution in [0.1, 0.15) is 0 Å². The van der Waals surface area contributed by atoms with Crippen LogP contribution in [0.4, 0.5) is 17.1 Å². The molecule has 12 rings (SSSR count). The molecule has 0 aliphatic carbocycles. The Kier molecular flexibility index (Phi) is 9.20. The molecule has 0 N–H and O–H groups in total. The Labute approximate surface area is 372 Å². The van der Waals surface area contributed by atoms with Gasteiger partial charge in [-0.05, 0) is 120 Å². The summed E-state index contributed by atoms with van der Waals surface area (Å²) in [4.78, 5) is 2.35. The third-order valence-corrected chi connectivity index (χ3v) is 12.7. The monoisotopic (exact) mass is 815 g/mol. The van der Waals surface area contributed by atoms with E-state index in [1.54, 1.807) is 0 Å². The highest BCUT2D eigenvalue weighted by molar-refractivity contribution is 6.22. The van der Waals surface area contributed by atoms with Crippen LogP contribution in [0, 0.1) is 0 Å². The molecule has 0 bridgehead atoms. The highest BCUT2D eigenvalue weighted by atomic mass is 16.3. The lowest BCUT2D eigenvalue weighted by Crippen LogP contribution is -2.10. The second-order valence-corrected chi connectivity index (χ2v) is 16.5. The van der Waals surface area contributed by atoms with Crippen molar-refractivity contribution in [2.45, 2.75) is 0 Å². The predicted octanol–water partition coefficient (Wildman–Crippen LogP) is 17.7. The predicted molar refractivity (Wildman–Crippen MR) is 271 cm³/mol. The molecule has 0 aliphatic heterocycles. The van der Waals surface area contributed by atoms with Crippen LogP contribution in [0.2, 0.25) is 0 Å². The summed E-state index contributed by atoms with van der Waals surface area (Å²) in [6.07, 6.45) is 0. The highest BCUT2D eigenvalue weighted by Crippen LogP contribution is 2.47. The molecule has 0 saturated carbocycles. The van der Waals surface area contributed by atoms with Gasteiger partial charge in [-0.3, -0.25) is 0 Å². The Morgan fingerprint density at radius 1 is 0.266 bits per heavy atom. The first-order chi connectivity index (χ1) is 31.7. The lowest BCUT2D eigenvalue weighted by molar-refractivity contribution is 0.673. The van der Waals surface area contributed by atoms with Gasteiger partial charge in [0.2, 0.25) is 0 Å². The van der Waals surface area contributed by atoms with Gasteiger partial charge in [-0.15, -0.1) is 0 Å². The SMILES string of the molecule is c1ccc(-c2ccc(N(c3ccc(-c4ccc5ccccc5c4)cc3)c3ccc(-c4ccc(-c5cccc(-c6ccccc6)c5)cc4)c4c3oc3c5ccccc5ccc34)cc2)cc1. The summed E-state index contributed by atoms with van der Waals surface area (Å²) < 4.78 is 7.22. The van der Waals surface area contributed by atoms with Gasteiger partial charge in [0.05, 0.1) is 5.69 Å². The highest BCUT2D eigenvalue weighted by Gasteiger charge is 2.23. The zero-order valence-corrected chi connectivity index (χ0v) is 35.0. The van der Waals surface area contributed by atoms with Gasteiger partial charge in [-0.25, -0.2) is 0 Å². The minimum atomic E-state index is 0.842. The van der Waals surface area contributed by atoms with Crippen molar-refractivity contribution in [2.24, 2.45) is 0 Å². The molecule has 0 aliphatic rings. The number of rotatable bonds is 8. The van der Waals surface area contributed by atoms with Gasteiger partial charge in [0.25, 0.3) is 0 Å². The fraction of sp³-hybridized carbons (Fsp3) is 0. The second kappa shape index (κ2) is 15.8. The molecule has 0 unspecified atom stereocenters. The van der Waals surface area contributed by atoms with Crippen molar-refractivity contribution >= 4 is 60.5 Å². The van der Waals surface area contributed by atoms with Crippen LogP contribution in [-0.4, -0.2) is 0 Å². The summed E-state index contributed by atoms with van der Waals surface area (Å²) in [6, 6.07) is 89.5. The van der Waals surface area contributed by atoms with E-state index in [1.807, 2.05) is 0 Å². The number of fused-ring (bicyclic) bond motifs is 6. The molecule has 2 heteroatoms.